The molecule has 0 spiro atoms. The maximum absolute atomic E-state index is 13.3. The summed E-state index contributed by atoms with van der Waals surface area (Å²) in [5, 5.41) is 0.740. The van der Waals surface area contributed by atoms with Gasteiger partial charge >= 0.3 is 11.8 Å². The molecular weight excluding hydrogens is 517 g/mol. The number of aromatic nitrogens is 4. The smallest absolute Gasteiger partial charge is 0.410 e. The van der Waals surface area contributed by atoms with Crippen molar-refractivity contribution in [3.8, 4) is 0 Å². The van der Waals surface area contributed by atoms with E-state index in [1.54, 1.807) is 39.0 Å². The van der Waals surface area contributed by atoms with E-state index in [2.05, 4.69) is 15.0 Å². The van der Waals surface area contributed by atoms with Gasteiger partial charge in [-0.15, -0.1) is 0 Å². The topological polar surface area (TPSA) is 110 Å². The van der Waals surface area contributed by atoms with Crippen molar-refractivity contribution in [3.05, 3.63) is 77.9 Å². The number of nitrogens with zero attached hydrogens (tertiary/aromatic N) is 4. The molecule has 0 radical (unpaired) electrons. The second-order valence-corrected chi connectivity index (χ2v) is 10.7. The molecule has 11 heteroatoms. The minimum absolute atomic E-state index is 0.0168. The van der Waals surface area contributed by atoms with E-state index >= 15 is 0 Å². The molecule has 0 bridgehead atoms. The molecular formula is C26H27Cl2N5O4. The lowest BCUT2D eigenvalue weighted by atomic mass is 10.1. The zero-order chi connectivity index (χ0) is 27.1. The van der Waals surface area contributed by atoms with Crippen LogP contribution in [-0.2, 0) is 17.8 Å². The second-order valence-electron chi connectivity index (χ2n) is 9.88. The number of carbonyl (C=O) groups excluding carboxylic acids is 1. The lowest BCUT2D eigenvalue weighted by Gasteiger charge is -2.27. The first-order valence-electron chi connectivity index (χ1n) is 11.7. The summed E-state index contributed by atoms with van der Waals surface area (Å²) < 4.78 is 6.56. The maximum atomic E-state index is 13.3. The van der Waals surface area contributed by atoms with E-state index in [9.17, 15) is 14.4 Å². The molecule has 0 fully saturated rings. The number of amides is 1. The maximum Gasteiger partial charge on any atom is 0.410 e. The molecule has 0 saturated carbocycles. The van der Waals surface area contributed by atoms with Gasteiger partial charge in [-0.2, -0.15) is 0 Å². The third kappa shape index (κ3) is 5.94. The fourth-order valence-corrected chi connectivity index (χ4v) is 4.10. The van der Waals surface area contributed by atoms with E-state index in [0.717, 1.165) is 15.7 Å². The van der Waals surface area contributed by atoms with Crippen LogP contribution in [0.4, 0.5) is 4.79 Å². The molecule has 0 saturated heterocycles. The molecule has 2 aromatic heterocycles. The van der Waals surface area contributed by atoms with E-state index in [-0.39, 0.29) is 30.8 Å². The highest BCUT2D eigenvalue weighted by atomic mass is 35.5. The number of benzene rings is 2. The van der Waals surface area contributed by atoms with Gasteiger partial charge in [0.05, 0.1) is 21.1 Å². The van der Waals surface area contributed by atoms with Gasteiger partial charge in [-0.1, -0.05) is 29.3 Å². The van der Waals surface area contributed by atoms with E-state index in [1.165, 1.54) is 4.90 Å². The highest BCUT2D eigenvalue weighted by Gasteiger charge is 2.23. The number of hydrogen-bond donors (Lipinski definition) is 1. The Hall–Kier alpha value is -3.43. The Balaban J connectivity index is 1.68. The number of carbonyl (C=O) groups is 1. The third-order valence-corrected chi connectivity index (χ3v) is 6.54. The molecule has 0 aliphatic carbocycles. The van der Waals surface area contributed by atoms with Gasteiger partial charge in [-0.25, -0.2) is 19.6 Å². The lowest BCUT2D eigenvalue weighted by Crippen LogP contribution is -2.42. The summed E-state index contributed by atoms with van der Waals surface area (Å²) in [5.74, 6) is 0. The minimum Gasteiger partial charge on any atom is -0.444 e. The van der Waals surface area contributed by atoms with Crippen LogP contribution in [0, 0.1) is 13.8 Å². The van der Waals surface area contributed by atoms with Crippen molar-refractivity contribution in [2.24, 2.45) is 0 Å². The predicted octanol–water partition coefficient (Wildman–Crippen LogP) is 4.99. The van der Waals surface area contributed by atoms with E-state index in [1.807, 2.05) is 26.0 Å². The van der Waals surface area contributed by atoms with Crippen LogP contribution in [-0.4, -0.2) is 42.7 Å². The Bertz CT molecular complexity index is 1640. The minimum atomic E-state index is -0.739. The average Bonchev–Trinajstić information content (AvgIpc) is 2.79. The first kappa shape index (κ1) is 26.6. The summed E-state index contributed by atoms with van der Waals surface area (Å²) in [7, 11) is 0. The van der Waals surface area contributed by atoms with Crippen LogP contribution in [0.15, 0.2) is 39.9 Å². The molecule has 2 aromatic carbocycles. The van der Waals surface area contributed by atoms with Crippen molar-refractivity contribution in [3.63, 3.8) is 0 Å². The van der Waals surface area contributed by atoms with Crippen molar-refractivity contribution in [2.75, 3.05) is 6.54 Å². The summed E-state index contributed by atoms with van der Waals surface area (Å²) in [5.41, 5.74) is 2.08. The van der Waals surface area contributed by atoms with Gasteiger partial charge < -0.3 is 9.64 Å². The first-order valence-corrected chi connectivity index (χ1v) is 12.4. The summed E-state index contributed by atoms with van der Waals surface area (Å²) in [4.78, 5) is 52.0. The lowest BCUT2D eigenvalue weighted by molar-refractivity contribution is 0.0226. The van der Waals surface area contributed by atoms with Crippen molar-refractivity contribution in [2.45, 2.75) is 53.3 Å². The highest BCUT2D eigenvalue weighted by Crippen LogP contribution is 2.24. The SMILES string of the molecule is Cc1cc2nc3[nH]c(=O)n(CCN(Cc4ccc(Cl)c(Cl)c4)C(=O)OC(C)(C)C)c(=O)c3nc2cc1C. The Morgan fingerprint density at radius 3 is 2.30 bits per heavy atom. The monoisotopic (exact) mass is 543 g/mol. The van der Waals surface area contributed by atoms with Gasteiger partial charge in [-0.3, -0.25) is 14.3 Å². The van der Waals surface area contributed by atoms with Gasteiger partial charge in [-0.05, 0) is 75.6 Å². The van der Waals surface area contributed by atoms with Crippen molar-refractivity contribution >= 4 is 51.5 Å². The third-order valence-electron chi connectivity index (χ3n) is 5.80. The first-order chi connectivity index (χ1) is 17.3. The Morgan fingerprint density at radius 2 is 1.68 bits per heavy atom. The summed E-state index contributed by atoms with van der Waals surface area (Å²) >= 11 is 12.2. The number of hydrogen-bond acceptors (Lipinski definition) is 6. The van der Waals surface area contributed by atoms with Gasteiger partial charge in [0.2, 0.25) is 0 Å². The van der Waals surface area contributed by atoms with Crippen LogP contribution in [0.3, 0.4) is 0 Å². The summed E-state index contributed by atoms with van der Waals surface area (Å²) in [6, 6.07) is 8.75. The molecule has 4 rings (SSSR count). The standard InChI is InChI=1S/C26H27Cl2N5O4/c1-14-10-19-20(11-15(14)2)30-22-21(29-19)23(34)33(24(35)31-22)9-8-32(25(36)37-26(3,4)5)13-16-6-7-17(27)18(28)12-16/h6-7,10-12H,8-9,13H2,1-5H3,(H,30,31,35). The van der Waals surface area contributed by atoms with Gasteiger partial charge in [0.25, 0.3) is 5.56 Å². The number of halogens is 2. The number of rotatable bonds is 5. The largest absolute Gasteiger partial charge is 0.444 e. The number of aromatic amines is 1. The molecule has 4 aromatic rings. The van der Waals surface area contributed by atoms with Crippen molar-refractivity contribution < 1.29 is 9.53 Å². The zero-order valence-electron chi connectivity index (χ0n) is 21.2. The number of ether oxygens (including phenoxy) is 1. The average molecular weight is 544 g/mol. The van der Waals surface area contributed by atoms with Gasteiger partial charge in [0.15, 0.2) is 11.2 Å². The summed E-state index contributed by atoms with van der Waals surface area (Å²) in [6.07, 6.45) is -0.597. The fraction of sp³-hybridized carbons (Fsp3) is 0.346. The van der Waals surface area contributed by atoms with E-state index < -0.39 is 22.9 Å². The van der Waals surface area contributed by atoms with Crippen molar-refractivity contribution in [1.82, 2.24) is 24.4 Å². The molecule has 0 aliphatic heterocycles. The molecule has 9 nitrogen and oxygen atoms in total. The normalized spacial score (nSPS) is 11.8. The van der Waals surface area contributed by atoms with Crippen LogP contribution < -0.4 is 11.2 Å². The van der Waals surface area contributed by atoms with Crippen LogP contribution in [0.25, 0.3) is 22.2 Å². The van der Waals surface area contributed by atoms with Gasteiger partial charge in [0, 0.05) is 19.6 Å². The van der Waals surface area contributed by atoms with Crippen molar-refractivity contribution in [1.29, 1.82) is 0 Å². The van der Waals surface area contributed by atoms with E-state index in [0.29, 0.717) is 26.6 Å². The van der Waals surface area contributed by atoms with Crippen LogP contribution in [0.2, 0.25) is 10.0 Å². The summed E-state index contributed by atoms with van der Waals surface area (Å²) in [6.45, 7) is 9.24. The number of fused-ring (bicyclic) bond motifs is 2. The molecule has 0 atom stereocenters. The zero-order valence-corrected chi connectivity index (χ0v) is 22.7. The Kier molecular flexibility index (Phi) is 7.30. The molecule has 37 heavy (non-hydrogen) atoms. The number of aryl methyl sites for hydroxylation is 2. The predicted molar refractivity (Wildman–Crippen MR) is 145 cm³/mol. The quantitative estimate of drug-likeness (QED) is 0.355. The Morgan fingerprint density at radius 1 is 1.03 bits per heavy atom. The second kappa shape index (κ2) is 10.1. The Labute approximate surface area is 223 Å². The number of H-pyrrole nitrogens is 1. The molecule has 194 valence electrons. The van der Waals surface area contributed by atoms with Crippen LogP contribution in [0.5, 0.6) is 0 Å². The molecule has 0 aliphatic rings. The van der Waals surface area contributed by atoms with E-state index in [4.69, 9.17) is 27.9 Å². The van der Waals surface area contributed by atoms with Gasteiger partial charge in [0.1, 0.15) is 5.60 Å². The molecule has 2 heterocycles. The van der Waals surface area contributed by atoms with Crippen LogP contribution >= 0.6 is 23.2 Å². The molecule has 1 amide bonds. The molecule has 0 unspecified atom stereocenters. The number of nitrogens with one attached hydrogen (secondary N) is 1. The van der Waals surface area contributed by atoms with Crippen LogP contribution in [0.1, 0.15) is 37.5 Å². The highest BCUT2D eigenvalue weighted by molar-refractivity contribution is 6.42. The fourth-order valence-electron chi connectivity index (χ4n) is 3.78. The molecule has 1 N–H and O–H groups in total.